The summed E-state index contributed by atoms with van der Waals surface area (Å²) in [7, 11) is 0. The minimum absolute atomic E-state index is 0.148. The highest BCUT2D eigenvalue weighted by Gasteiger charge is 2.15. The molecule has 0 spiro atoms. The number of nitrogens with two attached hydrogens (primary N) is 1. The van der Waals surface area contributed by atoms with Crippen LogP contribution in [0.4, 0.5) is 5.69 Å². The normalized spacial score (nSPS) is 17.0. The van der Waals surface area contributed by atoms with Crippen LogP contribution in [0.2, 0.25) is 0 Å². The van der Waals surface area contributed by atoms with E-state index in [9.17, 15) is 4.79 Å². The average Bonchev–Trinajstić information content (AvgIpc) is 2.34. The molecule has 0 saturated carbocycles. The number of Topliss-reactive ketones (excluding diaryl/α,β-unsaturated/α-hetero) is 1. The summed E-state index contributed by atoms with van der Waals surface area (Å²) in [5.74, 6) is 0.148. The van der Waals surface area contributed by atoms with Crippen molar-refractivity contribution < 1.29 is 9.53 Å². The van der Waals surface area contributed by atoms with Gasteiger partial charge in [0, 0.05) is 24.3 Å². The van der Waals surface area contributed by atoms with Crippen LogP contribution in [-0.2, 0) is 4.74 Å². The van der Waals surface area contributed by atoms with Crippen LogP contribution in [0.5, 0.6) is 0 Å². The van der Waals surface area contributed by atoms with E-state index in [2.05, 4.69) is 4.90 Å². The Hall–Kier alpha value is -1.39. The van der Waals surface area contributed by atoms with Crippen LogP contribution in [0.3, 0.4) is 0 Å². The fourth-order valence-corrected chi connectivity index (χ4v) is 1.90. The molecule has 0 atom stereocenters. The number of carbonyl (C=O) groups excluding carboxylic acids is 1. The molecule has 0 unspecified atom stereocenters. The summed E-state index contributed by atoms with van der Waals surface area (Å²) in [5.41, 5.74) is 8.16. The van der Waals surface area contributed by atoms with E-state index >= 15 is 0 Å². The summed E-state index contributed by atoms with van der Waals surface area (Å²) in [6, 6.07) is 5.45. The van der Waals surface area contributed by atoms with Gasteiger partial charge in [0.05, 0.1) is 19.8 Å². The van der Waals surface area contributed by atoms with Crippen molar-refractivity contribution in [2.24, 2.45) is 0 Å². The molecule has 1 saturated heterocycles. The fraction of sp³-hybridized carbons (Fsp3) is 0.462. The molecule has 0 radical (unpaired) electrons. The van der Waals surface area contributed by atoms with E-state index < -0.39 is 0 Å². The smallest absolute Gasteiger partial charge is 0.176 e. The van der Waals surface area contributed by atoms with Crippen LogP contribution in [0.15, 0.2) is 18.2 Å². The standard InChI is InChI=1S/C13H18N2O2/c1-10-8-11(2-3-12(10)14)13(16)9-15-4-6-17-7-5-15/h2-3,8H,4-7,9,14H2,1H3. The van der Waals surface area contributed by atoms with Crippen molar-refractivity contribution in [2.75, 3.05) is 38.6 Å². The number of benzene rings is 1. The van der Waals surface area contributed by atoms with E-state index in [1.54, 1.807) is 12.1 Å². The Labute approximate surface area is 101 Å². The van der Waals surface area contributed by atoms with Crippen LogP contribution in [0, 0.1) is 6.92 Å². The van der Waals surface area contributed by atoms with E-state index in [-0.39, 0.29) is 5.78 Å². The lowest BCUT2D eigenvalue weighted by Gasteiger charge is -2.25. The molecule has 1 heterocycles. The molecule has 2 N–H and O–H groups in total. The maximum absolute atomic E-state index is 12.1. The van der Waals surface area contributed by atoms with Crippen molar-refractivity contribution in [3.63, 3.8) is 0 Å². The number of morpholine rings is 1. The number of nitrogen functional groups attached to an aromatic ring is 1. The van der Waals surface area contributed by atoms with E-state index in [1.807, 2.05) is 13.0 Å². The number of ketones is 1. The number of carbonyl (C=O) groups is 1. The van der Waals surface area contributed by atoms with Gasteiger partial charge in [-0.2, -0.15) is 0 Å². The van der Waals surface area contributed by atoms with Crippen LogP contribution in [0.25, 0.3) is 0 Å². The Morgan fingerprint density at radius 1 is 1.41 bits per heavy atom. The Kier molecular flexibility index (Phi) is 3.76. The van der Waals surface area contributed by atoms with Crippen LogP contribution < -0.4 is 5.73 Å². The lowest BCUT2D eigenvalue weighted by atomic mass is 10.1. The average molecular weight is 234 g/mol. The lowest BCUT2D eigenvalue weighted by molar-refractivity contribution is 0.0371. The van der Waals surface area contributed by atoms with Crippen molar-refractivity contribution in [3.8, 4) is 0 Å². The third-order valence-corrected chi connectivity index (χ3v) is 3.06. The van der Waals surface area contributed by atoms with Gasteiger partial charge >= 0.3 is 0 Å². The highest BCUT2D eigenvalue weighted by atomic mass is 16.5. The summed E-state index contributed by atoms with van der Waals surface area (Å²) < 4.78 is 5.25. The van der Waals surface area contributed by atoms with Crippen molar-refractivity contribution in [3.05, 3.63) is 29.3 Å². The maximum Gasteiger partial charge on any atom is 0.176 e. The summed E-state index contributed by atoms with van der Waals surface area (Å²) in [5, 5.41) is 0. The van der Waals surface area contributed by atoms with Crippen molar-refractivity contribution in [1.82, 2.24) is 4.90 Å². The van der Waals surface area contributed by atoms with Crippen LogP contribution in [-0.4, -0.2) is 43.5 Å². The van der Waals surface area contributed by atoms with Crippen molar-refractivity contribution >= 4 is 11.5 Å². The third kappa shape index (κ3) is 3.05. The Morgan fingerprint density at radius 2 is 2.12 bits per heavy atom. The highest BCUT2D eigenvalue weighted by molar-refractivity contribution is 5.98. The Morgan fingerprint density at radius 3 is 2.76 bits per heavy atom. The van der Waals surface area contributed by atoms with Gasteiger partial charge in [0.25, 0.3) is 0 Å². The van der Waals surface area contributed by atoms with Gasteiger partial charge in [0.2, 0.25) is 0 Å². The molecule has 1 aromatic rings. The zero-order valence-corrected chi connectivity index (χ0v) is 10.1. The minimum Gasteiger partial charge on any atom is -0.399 e. The van der Waals surface area contributed by atoms with Crippen LogP contribution >= 0.6 is 0 Å². The molecule has 0 amide bonds. The molecular weight excluding hydrogens is 216 g/mol. The monoisotopic (exact) mass is 234 g/mol. The molecule has 0 aromatic heterocycles. The van der Waals surface area contributed by atoms with E-state index in [0.29, 0.717) is 19.8 Å². The number of ether oxygens (including phenoxy) is 1. The topological polar surface area (TPSA) is 55.6 Å². The van der Waals surface area contributed by atoms with Gasteiger partial charge in [-0.25, -0.2) is 0 Å². The number of nitrogens with zero attached hydrogens (tertiary/aromatic N) is 1. The maximum atomic E-state index is 12.1. The second-order valence-electron chi connectivity index (χ2n) is 4.38. The molecule has 1 fully saturated rings. The fourth-order valence-electron chi connectivity index (χ4n) is 1.90. The molecule has 1 aliphatic heterocycles. The molecule has 17 heavy (non-hydrogen) atoms. The largest absolute Gasteiger partial charge is 0.399 e. The predicted octanol–water partition coefficient (Wildman–Crippen LogP) is 1.09. The zero-order valence-electron chi connectivity index (χ0n) is 10.1. The molecule has 2 rings (SSSR count). The van der Waals surface area contributed by atoms with E-state index in [4.69, 9.17) is 10.5 Å². The molecule has 0 bridgehead atoms. The number of hydrogen-bond donors (Lipinski definition) is 1. The van der Waals surface area contributed by atoms with Crippen LogP contribution in [0.1, 0.15) is 15.9 Å². The summed E-state index contributed by atoms with van der Waals surface area (Å²) in [4.78, 5) is 14.2. The highest BCUT2D eigenvalue weighted by Crippen LogP contribution is 2.13. The summed E-state index contributed by atoms with van der Waals surface area (Å²) in [6.45, 7) is 5.48. The quantitative estimate of drug-likeness (QED) is 0.628. The van der Waals surface area contributed by atoms with Gasteiger partial charge < -0.3 is 10.5 Å². The number of hydrogen-bond acceptors (Lipinski definition) is 4. The number of aryl methyl sites for hydroxylation is 1. The first-order chi connectivity index (χ1) is 8.16. The Balaban J connectivity index is 2.01. The Bertz CT molecular complexity index is 412. The second kappa shape index (κ2) is 5.29. The van der Waals surface area contributed by atoms with Gasteiger partial charge in [-0.15, -0.1) is 0 Å². The molecule has 92 valence electrons. The van der Waals surface area contributed by atoms with E-state index in [1.165, 1.54) is 0 Å². The molecule has 4 heteroatoms. The molecule has 0 aliphatic carbocycles. The third-order valence-electron chi connectivity index (χ3n) is 3.06. The number of anilines is 1. The molecule has 1 aromatic carbocycles. The van der Waals surface area contributed by atoms with Crippen molar-refractivity contribution in [1.29, 1.82) is 0 Å². The molecule has 4 nitrogen and oxygen atoms in total. The molecule has 1 aliphatic rings. The lowest BCUT2D eigenvalue weighted by Crippen LogP contribution is -2.39. The van der Waals surface area contributed by atoms with Crippen molar-refractivity contribution in [2.45, 2.75) is 6.92 Å². The van der Waals surface area contributed by atoms with E-state index in [0.717, 1.165) is 29.9 Å². The second-order valence-corrected chi connectivity index (χ2v) is 4.38. The first kappa shape index (κ1) is 12.1. The molecular formula is C13H18N2O2. The first-order valence-electron chi connectivity index (χ1n) is 5.86. The first-order valence-corrected chi connectivity index (χ1v) is 5.86. The van der Waals surface area contributed by atoms with Gasteiger partial charge in [-0.1, -0.05) is 0 Å². The zero-order chi connectivity index (χ0) is 12.3. The predicted molar refractivity (Wildman–Crippen MR) is 67.2 cm³/mol. The van der Waals surface area contributed by atoms with Gasteiger partial charge in [-0.3, -0.25) is 9.69 Å². The van der Waals surface area contributed by atoms with Gasteiger partial charge in [0.15, 0.2) is 5.78 Å². The SMILES string of the molecule is Cc1cc(C(=O)CN2CCOCC2)ccc1N. The van der Waals surface area contributed by atoms with Gasteiger partial charge in [0.1, 0.15) is 0 Å². The summed E-state index contributed by atoms with van der Waals surface area (Å²) in [6.07, 6.45) is 0. The van der Waals surface area contributed by atoms with Gasteiger partial charge in [-0.05, 0) is 30.7 Å². The minimum atomic E-state index is 0.148. The summed E-state index contributed by atoms with van der Waals surface area (Å²) >= 11 is 0. The number of rotatable bonds is 3.